The maximum absolute atomic E-state index is 2.64. The summed E-state index contributed by atoms with van der Waals surface area (Å²) in [6, 6.07) is 0. The largest absolute Gasteiger partial charge is 0.0813 e. The summed E-state index contributed by atoms with van der Waals surface area (Å²) in [4.78, 5) is 0. The fourth-order valence-electron chi connectivity index (χ4n) is 5.44. The SMILES string of the molecule is CC1C=C2C(C)(C)[C@H]3CC[C@@]2(C3)C(C)(C)C1. The first-order valence-corrected chi connectivity index (χ1v) is 7.02. The Hall–Kier alpha value is -0.260. The maximum atomic E-state index is 2.64. The highest BCUT2D eigenvalue weighted by Gasteiger charge is 2.64. The van der Waals surface area contributed by atoms with Crippen molar-refractivity contribution in [2.75, 3.05) is 0 Å². The molecule has 16 heavy (non-hydrogen) atoms. The van der Waals surface area contributed by atoms with Crippen LogP contribution in [0.3, 0.4) is 0 Å². The molecular weight excluding hydrogens is 192 g/mol. The molecule has 3 aliphatic rings. The van der Waals surface area contributed by atoms with Crippen molar-refractivity contribution in [2.45, 2.75) is 60.3 Å². The van der Waals surface area contributed by atoms with E-state index in [-0.39, 0.29) is 0 Å². The highest BCUT2D eigenvalue weighted by Crippen LogP contribution is 2.74. The number of hydrogen-bond donors (Lipinski definition) is 0. The second-order valence-electron chi connectivity index (χ2n) is 7.89. The van der Waals surface area contributed by atoms with Crippen molar-refractivity contribution >= 4 is 0 Å². The van der Waals surface area contributed by atoms with E-state index in [2.05, 4.69) is 40.7 Å². The van der Waals surface area contributed by atoms with Crippen molar-refractivity contribution in [1.29, 1.82) is 0 Å². The Labute approximate surface area is 101 Å². The van der Waals surface area contributed by atoms with Gasteiger partial charge in [0.15, 0.2) is 0 Å². The molecule has 2 bridgehead atoms. The second-order valence-corrected chi connectivity index (χ2v) is 7.89. The van der Waals surface area contributed by atoms with Gasteiger partial charge in [-0.25, -0.2) is 0 Å². The lowest BCUT2D eigenvalue weighted by atomic mass is 9.52. The van der Waals surface area contributed by atoms with Crippen molar-refractivity contribution < 1.29 is 0 Å². The number of allylic oxidation sites excluding steroid dienone is 2. The van der Waals surface area contributed by atoms with E-state index in [1.54, 1.807) is 0 Å². The molecule has 2 saturated carbocycles. The Morgan fingerprint density at radius 2 is 1.81 bits per heavy atom. The zero-order valence-electron chi connectivity index (χ0n) is 11.6. The Balaban J connectivity index is 2.18. The molecule has 0 heteroatoms. The van der Waals surface area contributed by atoms with Crippen LogP contribution in [0.5, 0.6) is 0 Å². The molecule has 0 N–H and O–H groups in total. The molecule has 0 aliphatic heterocycles. The molecule has 1 unspecified atom stereocenters. The van der Waals surface area contributed by atoms with E-state index in [0.717, 1.165) is 11.8 Å². The van der Waals surface area contributed by atoms with Gasteiger partial charge in [-0.15, -0.1) is 0 Å². The van der Waals surface area contributed by atoms with Crippen LogP contribution in [-0.2, 0) is 0 Å². The van der Waals surface area contributed by atoms with Gasteiger partial charge >= 0.3 is 0 Å². The third-order valence-corrected chi connectivity index (χ3v) is 6.32. The third kappa shape index (κ3) is 1.02. The minimum atomic E-state index is 0.490. The lowest BCUT2D eigenvalue weighted by Gasteiger charge is -2.52. The first-order valence-electron chi connectivity index (χ1n) is 7.02. The normalized spacial score (nSPS) is 47.7. The Bertz CT molecular complexity index is 358. The smallest absolute Gasteiger partial charge is 0.00282 e. The summed E-state index contributed by atoms with van der Waals surface area (Å²) in [7, 11) is 0. The van der Waals surface area contributed by atoms with Gasteiger partial charge in [0, 0.05) is 0 Å². The lowest BCUT2D eigenvalue weighted by molar-refractivity contribution is 0.0742. The van der Waals surface area contributed by atoms with E-state index in [4.69, 9.17) is 0 Å². The van der Waals surface area contributed by atoms with Crippen molar-refractivity contribution in [3.63, 3.8) is 0 Å². The molecule has 1 spiro atoms. The maximum Gasteiger partial charge on any atom is -0.00282 e. The average molecular weight is 218 g/mol. The van der Waals surface area contributed by atoms with Crippen LogP contribution in [0, 0.1) is 28.1 Å². The van der Waals surface area contributed by atoms with Gasteiger partial charge in [-0.1, -0.05) is 46.3 Å². The van der Waals surface area contributed by atoms with Gasteiger partial charge in [0.2, 0.25) is 0 Å². The summed E-state index contributed by atoms with van der Waals surface area (Å²) < 4.78 is 0. The molecule has 3 rings (SSSR count). The summed E-state index contributed by atoms with van der Waals surface area (Å²) in [5.74, 6) is 1.75. The molecule has 3 aliphatic carbocycles. The Kier molecular flexibility index (Phi) is 1.88. The zero-order chi connectivity index (χ0) is 11.8. The predicted molar refractivity (Wildman–Crippen MR) is 69.2 cm³/mol. The molecule has 0 radical (unpaired) electrons. The van der Waals surface area contributed by atoms with Crippen LogP contribution in [0.1, 0.15) is 60.3 Å². The fraction of sp³-hybridized carbons (Fsp3) is 0.875. The molecule has 2 fully saturated rings. The first-order chi connectivity index (χ1) is 7.30. The molecule has 0 heterocycles. The summed E-state index contributed by atoms with van der Waals surface area (Å²) >= 11 is 0. The summed E-state index contributed by atoms with van der Waals surface area (Å²) in [6.45, 7) is 12.5. The predicted octanol–water partition coefficient (Wildman–Crippen LogP) is 4.81. The molecule has 0 aromatic heterocycles. The van der Waals surface area contributed by atoms with Gasteiger partial charge in [0.25, 0.3) is 0 Å². The van der Waals surface area contributed by atoms with Gasteiger partial charge in [0.1, 0.15) is 0 Å². The number of hydrogen-bond acceptors (Lipinski definition) is 0. The highest BCUT2D eigenvalue weighted by atomic mass is 14.7. The number of rotatable bonds is 0. The van der Waals surface area contributed by atoms with E-state index in [0.29, 0.717) is 16.2 Å². The van der Waals surface area contributed by atoms with E-state index in [1.165, 1.54) is 25.7 Å². The van der Waals surface area contributed by atoms with E-state index >= 15 is 0 Å². The molecule has 90 valence electrons. The molecule has 0 nitrogen and oxygen atoms in total. The van der Waals surface area contributed by atoms with Gasteiger partial charge < -0.3 is 0 Å². The van der Waals surface area contributed by atoms with Crippen LogP contribution in [0.15, 0.2) is 11.6 Å². The summed E-state index contributed by atoms with van der Waals surface area (Å²) in [5, 5.41) is 0. The minimum Gasteiger partial charge on any atom is -0.0813 e. The molecule has 0 aromatic rings. The van der Waals surface area contributed by atoms with Crippen LogP contribution in [-0.4, -0.2) is 0 Å². The first kappa shape index (κ1) is 10.9. The lowest BCUT2D eigenvalue weighted by Crippen LogP contribution is -2.43. The van der Waals surface area contributed by atoms with Crippen molar-refractivity contribution in [3.05, 3.63) is 11.6 Å². The van der Waals surface area contributed by atoms with Gasteiger partial charge in [-0.3, -0.25) is 0 Å². The highest BCUT2D eigenvalue weighted by molar-refractivity contribution is 5.37. The fourth-order valence-corrected chi connectivity index (χ4v) is 5.44. The monoisotopic (exact) mass is 218 g/mol. The van der Waals surface area contributed by atoms with Crippen molar-refractivity contribution in [3.8, 4) is 0 Å². The van der Waals surface area contributed by atoms with Crippen LogP contribution in [0.25, 0.3) is 0 Å². The standard InChI is InChI=1S/C16H26/c1-11-8-13-15(4,5)12-6-7-16(13,10-12)14(2,3)9-11/h8,11-12H,6-7,9-10H2,1-5H3/t11?,12-,16-/m0/s1. The van der Waals surface area contributed by atoms with Crippen molar-refractivity contribution in [1.82, 2.24) is 0 Å². The van der Waals surface area contributed by atoms with E-state index < -0.39 is 0 Å². The molecule has 0 saturated heterocycles. The van der Waals surface area contributed by atoms with Crippen LogP contribution in [0.4, 0.5) is 0 Å². The topological polar surface area (TPSA) is 0 Å². The molecule has 0 aromatic carbocycles. The molecule has 0 amide bonds. The van der Waals surface area contributed by atoms with Gasteiger partial charge in [-0.05, 0) is 53.8 Å². The molecular formula is C16H26. The zero-order valence-corrected chi connectivity index (χ0v) is 11.6. The van der Waals surface area contributed by atoms with E-state index in [9.17, 15) is 0 Å². The van der Waals surface area contributed by atoms with Crippen LogP contribution >= 0.6 is 0 Å². The second kappa shape index (κ2) is 2.76. The summed E-state index contributed by atoms with van der Waals surface area (Å²) in [5.41, 5.74) is 3.43. The van der Waals surface area contributed by atoms with Crippen LogP contribution in [0.2, 0.25) is 0 Å². The third-order valence-electron chi connectivity index (χ3n) is 6.32. The van der Waals surface area contributed by atoms with Crippen molar-refractivity contribution in [2.24, 2.45) is 28.1 Å². The quantitative estimate of drug-likeness (QED) is 0.512. The van der Waals surface area contributed by atoms with E-state index in [1.807, 2.05) is 5.57 Å². The Morgan fingerprint density at radius 1 is 1.12 bits per heavy atom. The minimum absolute atomic E-state index is 0.490. The number of fused-ring (bicyclic) bond motifs is 1. The summed E-state index contributed by atoms with van der Waals surface area (Å²) in [6.07, 6.45) is 8.45. The molecule has 3 atom stereocenters. The Morgan fingerprint density at radius 3 is 2.50 bits per heavy atom. The van der Waals surface area contributed by atoms with Gasteiger partial charge in [0.05, 0.1) is 0 Å². The average Bonchev–Trinajstić information content (AvgIpc) is 2.63. The van der Waals surface area contributed by atoms with Gasteiger partial charge in [-0.2, -0.15) is 0 Å². The van der Waals surface area contributed by atoms with Crippen LogP contribution < -0.4 is 0 Å².